The maximum Gasteiger partial charge on any atom is 0.285 e. The number of benzene rings is 2. The van der Waals surface area contributed by atoms with Crippen LogP contribution in [0.5, 0.6) is 5.75 Å². The molecule has 0 N–H and O–H groups in total. The first-order valence-corrected chi connectivity index (χ1v) is 9.62. The molecular weight excluding hydrogens is 402 g/mol. The number of nitrogens with zero attached hydrogens (tertiary/aromatic N) is 5. The first-order chi connectivity index (χ1) is 14.6. The van der Waals surface area contributed by atoms with Gasteiger partial charge < -0.3 is 4.74 Å². The number of hydrogen-bond donors (Lipinski definition) is 0. The standard InChI is InChI=1S/C22H16ClN5O2/c1-13-19(14-4-3-5-15(23)12-14)21-25-24-20-18(28(21)26-13)10-11-27(22(20)29)16-6-8-17(30-2)9-7-16/h3-12H,1-2H3. The van der Waals surface area contributed by atoms with E-state index >= 15 is 0 Å². The van der Waals surface area contributed by atoms with Gasteiger partial charge in [-0.1, -0.05) is 23.7 Å². The number of aryl methyl sites for hydroxylation is 1. The molecule has 2 aromatic carbocycles. The van der Waals surface area contributed by atoms with Crippen LogP contribution in [0.3, 0.4) is 0 Å². The molecule has 0 aliphatic rings. The van der Waals surface area contributed by atoms with Crippen molar-refractivity contribution in [3.63, 3.8) is 0 Å². The Bertz CT molecular complexity index is 1470. The highest BCUT2D eigenvalue weighted by molar-refractivity contribution is 6.30. The van der Waals surface area contributed by atoms with Gasteiger partial charge in [0.05, 0.1) is 18.4 Å². The summed E-state index contributed by atoms with van der Waals surface area (Å²) in [6, 6.07) is 16.5. The van der Waals surface area contributed by atoms with E-state index in [0.717, 1.165) is 22.6 Å². The normalized spacial score (nSPS) is 11.3. The van der Waals surface area contributed by atoms with Gasteiger partial charge in [-0.25, -0.2) is 4.52 Å². The predicted molar refractivity (Wildman–Crippen MR) is 116 cm³/mol. The summed E-state index contributed by atoms with van der Waals surface area (Å²) in [5, 5.41) is 13.8. The van der Waals surface area contributed by atoms with E-state index in [1.165, 1.54) is 4.57 Å². The molecule has 0 bridgehead atoms. The van der Waals surface area contributed by atoms with Gasteiger partial charge >= 0.3 is 0 Å². The van der Waals surface area contributed by atoms with Gasteiger partial charge in [-0.15, -0.1) is 10.2 Å². The van der Waals surface area contributed by atoms with Gasteiger partial charge in [0.2, 0.25) is 0 Å². The second-order valence-corrected chi connectivity index (χ2v) is 7.27. The number of methoxy groups -OCH3 is 1. The monoisotopic (exact) mass is 417 g/mol. The fourth-order valence-corrected chi connectivity index (χ4v) is 3.77. The van der Waals surface area contributed by atoms with Crippen LogP contribution in [0.15, 0.2) is 65.6 Å². The van der Waals surface area contributed by atoms with Gasteiger partial charge in [0, 0.05) is 16.9 Å². The molecule has 5 aromatic rings. The smallest absolute Gasteiger partial charge is 0.285 e. The van der Waals surface area contributed by atoms with Crippen LogP contribution in [-0.4, -0.2) is 31.5 Å². The molecule has 30 heavy (non-hydrogen) atoms. The number of hydrogen-bond acceptors (Lipinski definition) is 5. The second kappa shape index (κ2) is 6.96. The van der Waals surface area contributed by atoms with Gasteiger partial charge in [-0.3, -0.25) is 9.36 Å². The molecule has 8 heteroatoms. The minimum absolute atomic E-state index is 0.237. The van der Waals surface area contributed by atoms with Crippen molar-refractivity contribution < 1.29 is 4.74 Å². The Morgan fingerprint density at radius 1 is 1.03 bits per heavy atom. The number of fused-ring (bicyclic) bond motifs is 3. The number of halogens is 1. The summed E-state index contributed by atoms with van der Waals surface area (Å²) in [7, 11) is 1.60. The van der Waals surface area contributed by atoms with Crippen LogP contribution in [0.2, 0.25) is 5.02 Å². The summed E-state index contributed by atoms with van der Waals surface area (Å²) >= 11 is 6.16. The van der Waals surface area contributed by atoms with Gasteiger partial charge in [0.1, 0.15) is 11.3 Å². The van der Waals surface area contributed by atoms with Crippen molar-refractivity contribution >= 4 is 28.3 Å². The highest BCUT2D eigenvalue weighted by Gasteiger charge is 2.18. The molecule has 3 heterocycles. The van der Waals surface area contributed by atoms with Crippen LogP contribution < -0.4 is 10.3 Å². The van der Waals surface area contributed by atoms with Crippen LogP contribution in [0.4, 0.5) is 0 Å². The highest BCUT2D eigenvalue weighted by Crippen LogP contribution is 2.29. The van der Waals surface area contributed by atoms with Gasteiger partial charge in [0.25, 0.3) is 5.56 Å². The van der Waals surface area contributed by atoms with Crippen molar-refractivity contribution in [3.8, 4) is 22.6 Å². The molecule has 7 nitrogen and oxygen atoms in total. The number of aromatic nitrogens is 5. The fraction of sp³-hybridized carbons (Fsp3) is 0.0909. The molecule has 0 atom stereocenters. The molecule has 3 aromatic heterocycles. The minimum atomic E-state index is -0.274. The zero-order valence-corrected chi connectivity index (χ0v) is 17.0. The van der Waals surface area contributed by atoms with E-state index in [9.17, 15) is 4.79 Å². The largest absolute Gasteiger partial charge is 0.497 e. The van der Waals surface area contributed by atoms with Crippen LogP contribution in [0.25, 0.3) is 33.5 Å². The van der Waals surface area contributed by atoms with Crippen molar-refractivity contribution in [1.82, 2.24) is 24.4 Å². The maximum atomic E-state index is 13.1. The summed E-state index contributed by atoms with van der Waals surface area (Å²) in [5.41, 5.74) is 4.35. The molecule has 0 saturated carbocycles. The van der Waals surface area contributed by atoms with Crippen molar-refractivity contribution in [2.75, 3.05) is 7.11 Å². The minimum Gasteiger partial charge on any atom is -0.497 e. The molecule has 0 unspecified atom stereocenters. The van der Waals surface area contributed by atoms with E-state index in [4.69, 9.17) is 16.3 Å². The fourth-order valence-electron chi connectivity index (χ4n) is 3.58. The maximum absolute atomic E-state index is 13.1. The average molecular weight is 418 g/mol. The third-order valence-corrected chi connectivity index (χ3v) is 5.25. The van der Waals surface area contributed by atoms with E-state index in [1.54, 1.807) is 30.0 Å². The number of pyridine rings is 1. The highest BCUT2D eigenvalue weighted by atomic mass is 35.5. The molecule has 0 fully saturated rings. The van der Waals surface area contributed by atoms with Crippen molar-refractivity contribution in [2.24, 2.45) is 0 Å². The van der Waals surface area contributed by atoms with E-state index in [-0.39, 0.29) is 11.1 Å². The van der Waals surface area contributed by atoms with Crippen molar-refractivity contribution in [1.29, 1.82) is 0 Å². The Labute approximate surface area is 176 Å². The topological polar surface area (TPSA) is 74.3 Å². The number of rotatable bonds is 3. The Kier molecular flexibility index (Phi) is 4.25. The van der Waals surface area contributed by atoms with E-state index < -0.39 is 0 Å². The predicted octanol–water partition coefficient (Wildman–Crippen LogP) is 4.07. The molecule has 148 valence electrons. The molecule has 0 aliphatic carbocycles. The van der Waals surface area contributed by atoms with Crippen LogP contribution in [0.1, 0.15) is 5.69 Å². The second-order valence-electron chi connectivity index (χ2n) is 6.83. The Hall–Kier alpha value is -3.71. The first-order valence-electron chi connectivity index (χ1n) is 9.24. The summed E-state index contributed by atoms with van der Waals surface area (Å²) < 4.78 is 8.37. The lowest BCUT2D eigenvalue weighted by atomic mass is 10.1. The van der Waals surface area contributed by atoms with Gasteiger partial charge in [-0.2, -0.15) is 5.10 Å². The lowest BCUT2D eigenvalue weighted by molar-refractivity contribution is 0.414. The average Bonchev–Trinajstić information content (AvgIpc) is 3.10. The Morgan fingerprint density at radius 2 is 1.83 bits per heavy atom. The van der Waals surface area contributed by atoms with Crippen LogP contribution >= 0.6 is 11.6 Å². The third kappa shape index (κ3) is 2.83. The Balaban J connectivity index is 1.72. The van der Waals surface area contributed by atoms with Gasteiger partial charge in [0.15, 0.2) is 11.2 Å². The lowest BCUT2D eigenvalue weighted by Crippen LogP contribution is -2.20. The zero-order chi connectivity index (χ0) is 20.8. The van der Waals surface area contributed by atoms with Gasteiger partial charge in [-0.05, 0) is 55.0 Å². The molecule has 5 rings (SSSR count). The third-order valence-electron chi connectivity index (χ3n) is 5.02. The molecule has 0 saturated heterocycles. The summed E-state index contributed by atoms with van der Waals surface area (Å²) in [6.45, 7) is 1.90. The molecule has 0 amide bonds. The zero-order valence-electron chi connectivity index (χ0n) is 16.2. The molecular formula is C22H16ClN5O2. The van der Waals surface area contributed by atoms with Crippen LogP contribution in [-0.2, 0) is 0 Å². The van der Waals surface area contributed by atoms with Crippen LogP contribution in [0, 0.1) is 6.92 Å². The Morgan fingerprint density at radius 3 is 2.57 bits per heavy atom. The van der Waals surface area contributed by atoms with E-state index in [1.807, 2.05) is 49.4 Å². The summed E-state index contributed by atoms with van der Waals surface area (Å²) in [6.07, 6.45) is 1.71. The number of ether oxygens (including phenoxy) is 1. The molecule has 0 spiro atoms. The van der Waals surface area contributed by atoms with Crippen molar-refractivity contribution in [3.05, 3.63) is 81.9 Å². The molecule has 0 radical (unpaired) electrons. The molecule has 0 aliphatic heterocycles. The van der Waals surface area contributed by atoms with E-state index in [0.29, 0.717) is 21.9 Å². The summed E-state index contributed by atoms with van der Waals surface area (Å²) in [5.74, 6) is 0.717. The SMILES string of the molecule is COc1ccc(-n2ccc3c(nnc4c(-c5cccc(Cl)c5)c(C)nn43)c2=O)cc1. The lowest BCUT2D eigenvalue weighted by Gasteiger charge is -2.08. The van der Waals surface area contributed by atoms with E-state index in [2.05, 4.69) is 15.3 Å². The first kappa shape index (κ1) is 18.3. The van der Waals surface area contributed by atoms with Crippen molar-refractivity contribution in [2.45, 2.75) is 6.92 Å². The quantitative estimate of drug-likeness (QED) is 0.442. The summed E-state index contributed by atoms with van der Waals surface area (Å²) in [4.78, 5) is 13.1.